The van der Waals surface area contributed by atoms with Gasteiger partial charge in [-0.15, -0.1) is 0 Å². The summed E-state index contributed by atoms with van der Waals surface area (Å²) in [4.78, 5) is 40.1. The lowest BCUT2D eigenvalue weighted by molar-refractivity contribution is -0.385. The molecule has 0 atom stereocenters. The zero-order chi connectivity index (χ0) is 27.4. The molecule has 10 nitrogen and oxygen atoms in total. The highest BCUT2D eigenvalue weighted by molar-refractivity contribution is 9.10. The first-order valence-electron chi connectivity index (χ1n) is 11.4. The molecule has 3 aromatic carbocycles. The molecule has 0 amide bonds. The molecule has 0 aliphatic heterocycles. The van der Waals surface area contributed by atoms with Crippen molar-refractivity contribution in [3.05, 3.63) is 107 Å². The monoisotopic (exact) mass is 598 g/mol. The maximum Gasteiger partial charge on any atom is 0.335 e. The molecule has 0 aliphatic carbocycles. The van der Waals surface area contributed by atoms with Crippen molar-refractivity contribution in [2.24, 2.45) is 5.10 Å². The van der Waals surface area contributed by atoms with Crippen LogP contribution in [0.5, 0.6) is 5.75 Å². The van der Waals surface area contributed by atoms with Crippen molar-refractivity contribution in [3.63, 3.8) is 0 Å². The molecule has 0 saturated heterocycles. The molecule has 194 valence electrons. The fraction of sp³-hybridized carbons (Fsp3) is 0.154. The van der Waals surface area contributed by atoms with E-state index in [1.54, 1.807) is 30.3 Å². The van der Waals surface area contributed by atoms with Crippen molar-refractivity contribution in [1.82, 2.24) is 9.66 Å². The van der Waals surface area contributed by atoms with E-state index < -0.39 is 16.5 Å². The molecule has 4 aromatic rings. The Labute approximate surface area is 229 Å². The van der Waals surface area contributed by atoms with E-state index in [9.17, 15) is 19.7 Å². The van der Waals surface area contributed by atoms with Gasteiger partial charge in [0.1, 0.15) is 12.4 Å². The number of nitrogens with zero attached hydrogens (tertiary/aromatic N) is 4. The highest BCUT2D eigenvalue weighted by Crippen LogP contribution is 2.34. The first kappa shape index (κ1) is 27.0. The summed E-state index contributed by atoms with van der Waals surface area (Å²) >= 11 is 9.52. The summed E-state index contributed by atoms with van der Waals surface area (Å²) < 4.78 is 7.68. The maximum absolute atomic E-state index is 13.3. The summed E-state index contributed by atoms with van der Waals surface area (Å²) in [7, 11) is 0. The molecule has 0 fully saturated rings. The number of hydrogen-bond acceptors (Lipinski definition) is 7. The summed E-state index contributed by atoms with van der Waals surface area (Å²) in [6.45, 7) is 1.86. The lowest BCUT2D eigenvalue weighted by Gasteiger charge is -2.12. The van der Waals surface area contributed by atoms with Crippen LogP contribution in [-0.2, 0) is 13.0 Å². The molecule has 0 aliphatic rings. The fourth-order valence-electron chi connectivity index (χ4n) is 3.71. The van der Waals surface area contributed by atoms with Crippen molar-refractivity contribution in [2.45, 2.75) is 26.4 Å². The van der Waals surface area contributed by atoms with Crippen LogP contribution in [0.25, 0.3) is 10.9 Å². The molecule has 0 saturated carbocycles. The quantitative estimate of drug-likeness (QED) is 0.145. The van der Waals surface area contributed by atoms with Gasteiger partial charge in [-0.3, -0.25) is 14.9 Å². The van der Waals surface area contributed by atoms with Gasteiger partial charge in [0.2, 0.25) is 5.75 Å². The number of nitro groups is 1. The molecule has 38 heavy (non-hydrogen) atoms. The number of hydrogen-bond donors (Lipinski definition) is 1. The van der Waals surface area contributed by atoms with Crippen molar-refractivity contribution in [3.8, 4) is 5.75 Å². The minimum absolute atomic E-state index is 0.0815. The van der Waals surface area contributed by atoms with Crippen LogP contribution >= 0.6 is 27.5 Å². The smallest absolute Gasteiger partial charge is 0.335 e. The molecule has 1 aromatic heterocycles. The van der Waals surface area contributed by atoms with Gasteiger partial charge in [-0.1, -0.05) is 46.6 Å². The second-order valence-corrected chi connectivity index (χ2v) is 9.54. The lowest BCUT2D eigenvalue weighted by atomic mass is 10.1. The van der Waals surface area contributed by atoms with E-state index in [2.05, 4.69) is 26.0 Å². The Morgan fingerprint density at radius 1 is 1.24 bits per heavy atom. The topological polar surface area (TPSA) is 137 Å². The number of nitro benzene ring substituents is 1. The number of aryl methyl sites for hydroxylation is 1. The third kappa shape index (κ3) is 5.90. The predicted molar refractivity (Wildman–Crippen MR) is 147 cm³/mol. The zero-order valence-corrected chi connectivity index (χ0v) is 22.3. The van der Waals surface area contributed by atoms with Crippen molar-refractivity contribution < 1.29 is 19.6 Å². The Morgan fingerprint density at radius 3 is 2.63 bits per heavy atom. The summed E-state index contributed by atoms with van der Waals surface area (Å²) in [5.74, 6) is -0.745. The zero-order valence-electron chi connectivity index (χ0n) is 19.9. The third-order valence-electron chi connectivity index (χ3n) is 5.50. The van der Waals surface area contributed by atoms with Gasteiger partial charge in [0.25, 0.3) is 5.56 Å². The van der Waals surface area contributed by atoms with E-state index in [-0.39, 0.29) is 34.2 Å². The fourth-order valence-corrected chi connectivity index (χ4v) is 4.29. The largest absolute Gasteiger partial charge is 0.481 e. The van der Waals surface area contributed by atoms with Crippen molar-refractivity contribution >= 4 is 56.3 Å². The molecule has 0 unspecified atom stereocenters. The Hall–Kier alpha value is -4.09. The SMILES string of the molecule is CCCc1nc2ccc(Br)cc2c(=O)n1N=Cc1cc(Cl)cc([N+](=O)[O-])c1OCc1ccc(C(=O)O)cc1. The number of halogens is 2. The molecule has 0 spiro atoms. The van der Waals surface area contributed by atoms with Gasteiger partial charge in [0.15, 0.2) is 0 Å². The number of carbonyl (C=O) groups is 1. The van der Waals surface area contributed by atoms with Crippen molar-refractivity contribution in [1.29, 1.82) is 0 Å². The third-order valence-corrected chi connectivity index (χ3v) is 6.22. The average Bonchev–Trinajstić information content (AvgIpc) is 2.88. The summed E-state index contributed by atoms with van der Waals surface area (Å²) in [6, 6.07) is 13.7. The number of aromatic nitrogens is 2. The molecular formula is C26H20BrClN4O6. The van der Waals surface area contributed by atoms with Crippen molar-refractivity contribution in [2.75, 3.05) is 0 Å². The van der Waals surface area contributed by atoms with E-state index in [1.165, 1.54) is 29.1 Å². The average molecular weight is 600 g/mol. The first-order chi connectivity index (χ1) is 18.2. The Balaban J connectivity index is 1.77. The van der Waals surface area contributed by atoms with Gasteiger partial charge in [0.05, 0.1) is 27.6 Å². The van der Waals surface area contributed by atoms with Crippen LogP contribution in [0.2, 0.25) is 5.02 Å². The number of rotatable bonds is 9. The minimum Gasteiger partial charge on any atom is -0.481 e. The number of carboxylic acid groups (broad SMARTS) is 1. The molecule has 0 bridgehead atoms. The molecule has 4 rings (SSSR count). The summed E-state index contributed by atoms with van der Waals surface area (Å²) in [5, 5.41) is 25.6. The first-order valence-corrected chi connectivity index (χ1v) is 12.5. The van der Waals surface area contributed by atoms with E-state index in [1.807, 2.05) is 6.92 Å². The highest BCUT2D eigenvalue weighted by Gasteiger charge is 2.21. The van der Waals surface area contributed by atoms with Crippen LogP contribution in [0.4, 0.5) is 5.69 Å². The molecule has 1 heterocycles. The second-order valence-electron chi connectivity index (χ2n) is 8.19. The molecule has 12 heteroatoms. The van der Waals surface area contributed by atoms with Crippen LogP contribution in [-0.4, -0.2) is 31.9 Å². The number of benzene rings is 3. The van der Waals surface area contributed by atoms with Gasteiger partial charge in [-0.05, 0) is 48.4 Å². The van der Waals surface area contributed by atoms with Gasteiger partial charge in [-0.2, -0.15) is 9.78 Å². The van der Waals surface area contributed by atoms with Gasteiger partial charge < -0.3 is 9.84 Å². The van der Waals surface area contributed by atoms with Gasteiger partial charge in [-0.25, -0.2) is 9.78 Å². The minimum atomic E-state index is -1.07. The number of carboxylic acids is 1. The van der Waals surface area contributed by atoms with Crippen LogP contribution < -0.4 is 10.3 Å². The van der Waals surface area contributed by atoms with Crippen LogP contribution in [0, 0.1) is 10.1 Å². The van der Waals surface area contributed by atoms with E-state index in [0.29, 0.717) is 39.6 Å². The van der Waals surface area contributed by atoms with Gasteiger partial charge >= 0.3 is 11.7 Å². The standard InChI is InChI=1S/C26H20BrClN4O6/c1-2-3-23-30-21-9-8-18(27)11-20(21)25(33)31(23)29-13-17-10-19(28)12-22(32(36)37)24(17)38-14-15-4-6-16(7-5-15)26(34)35/h4-13H,2-3,14H2,1H3,(H,34,35). The molecule has 0 radical (unpaired) electrons. The maximum atomic E-state index is 13.3. The Morgan fingerprint density at radius 2 is 1.97 bits per heavy atom. The van der Waals surface area contributed by atoms with Crippen LogP contribution in [0.3, 0.4) is 0 Å². The molecule has 1 N–H and O–H groups in total. The predicted octanol–water partition coefficient (Wildman–Crippen LogP) is 5.83. The number of aromatic carboxylic acids is 1. The lowest BCUT2D eigenvalue weighted by Crippen LogP contribution is -2.22. The Kier molecular flexibility index (Phi) is 8.18. The summed E-state index contributed by atoms with van der Waals surface area (Å²) in [5.41, 5.74) is 0.618. The van der Waals surface area contributed by atoms with Gasteiger partial charge in [0, 0.05) is 27.5 Å². The number of fused-ring (bicyclic) bond motifs is 1. The van der Waals surface area contributed by atoms with E-state index in [0.717, 1.165) is 6.07 Å². The summed E-state index contributed by atoms with van der Waals surface area (Å²) in [6.07, 6.45) is 2.46. The van der Waals surface area contributed by atoms with E-state index in [4.69, 9.17) is 21.4 Å². The second kappa shape index (κ2) is 11.5. The van der Waals surface area contributed by atoms with Crippen LogP contribution in [0.1, 0.15) is 40.7 Å². The highest BCUT2D eigenvalue weighted by atomic mass is 79.9. The van der Waals surface area contributed by atoms with E-state index >= 15 is 0 Å². The number of ether oxygens (including phenoxy) is 1. The normalized spacial score (nSPS) is 11.2. The molecular weight excluding hydrogens is 580 g/mol. The van der Waals surface area contributed by atoms with Crippen LogP contribution in [0.15, 0.2) is 69.0 Å². The Bertz CT molecular complexity index is 1640.